The molecule has 0 radical (unpaired) electrons. The summed E-state index contributed by atoms with van der Waals surface area (Å²) in [5.74, 6) is -0.868. The van der Waals surface area contributed by atoms with Gasteiger partial charge in [-0.2, -0.15) is 0 Å². The van der Waals surface area contributed by atoms with Gasteiger partial charge in [0.05, 0.1) is 6.61 Å². The molecule has 1 rings (SSSR count). The van der Waals surface area contributed by atoms with E-state index in [2.05, 4.69) is 10.3 Å². The minimum Gasteiger partial charge on any atom is -0.465 e. The lowest BCUT2D eigenvalue weighted by Crippen LogP contribution is -2.31. The minimum absolute atomic E-state index is 0.280. The molecule has 1 fully saturated rings. The van der Waals surface area contributed by atoms with E-state index in [0.29, 0.717) is 5.17 Å². The highest BCUT2D eigenvalue weighted by atomic mass is 32.2. The molecule has 0 aromatic heterocycles. The summed E-state index contributed by atoms with van der Waals surface area (Å²) in [7, 11) is 1.55. The molecule has 1 N–H and O–H groups in total. The van der Waals surface area contributed by atoms with Gasteiger partial charge in [-0.1, -0.05) is 11.8 Å². The summed E-state index contributed by atoms with van der Waals surface area (Å²) in [6.45, 7) is 1.98. The van der Waals surface area contributed by atoms with Crippen molar-refractivity contribution in [3.8, 4) is 0 Å². The van der Waals surface area contributed by atoms with Crippen molar-refractivity contribution in [2.45, 2.75) is 12.2 Å². The number of esters is 1. The Bertz CT molecular complexity index is 264. The number of carbonyl (C=O) groups is 2. The van der Waals surface area contributed by atoms with Gasteiger partial charge in [0.15, 0.2) is 10.4 Å². The molecule has 0 aromatic carbocycles. The maximum atomic E-state index is 11.2. The predicted octanol–water partition coefficient (Wildman–Crippen LogP) is -0.233. The second-order valence-corrected chi connectivity index (χ2v) is 3.36. The van der Waals surface area contributed by atoms with Gasteiger partial charge in [0.2, 0.25) is 0 Å². The number of rotatable bonds is 2. The molecule has 0 saturated carbocycles. The van der Waals surface area contributed by atoms with Gasteiger partial charge < -0.3 is 10.1 Å². The van der Waals surface area contributed by atoms with Crippen molar-refractivity contribution in [3.63, 3.8) is 0 Å². The molecule has 0 spiro atoms. The lowest BCUT2D eigenvalue weighted by atomic mass is 10.4. The monoisotopic (exact) mass is 202 g/mol. The average molecular weight is 202 g/mol. The zero-order valence-electron chi connectivity index (χ0n) is 7.36. The number of ether oxygens (including phenoxy) is 1. The van der Waals surface area contributed by atoms with E-state index in [1.165, 1.54) is 0 Å². The number of aliphatic imine (C=N–C) groups is 1. The highest BCUT2D eigenvalue weighted by Gasteiger charge is 2.36. The quantitative estimate of drug-likeness (QED) is 0.496. The Kier molecular flexibility index (Phi) is 3.30. The summed E-state index contributed by atoms with van der Waals surface area (Å²) in [6, 6.07) is 0. The third kappa shape index (κ3) is 2.21. The van der Waals surface area contributed by atoms with Crippen molar-refractivity contribution < 1.29 is 14.3 Å². The Morgan fingerprint density at radius 2 is 2.46 bits per heavy atom. The Morgan fingerprint density at radius 3 is 2.92 bits per heavy atom. The highest BCUT2D eigenvalue weighted by molar-refractivity contribution is 8.16. The molecule has 0 unspecified atom stereocenters. The highest BCUT2D eigenvalue weighted by Crippen LogP contribution is 2.20. The fraction of sp³-hybridized carbons (Fsp3) is 0.571. The fourth-order valence-electron chi connectivity index (χ4n) is 0.847. The van der Waals surface area contributed by atoms with Gasteiger partial charge in [-0.05, 0) is 6.92 Å². The van der Waals surface area contributed by atoms with Crippen molar-refractivity contribution in [1.29, 1.82) is 0 Å². The van der Waals surface area contributed by atoms with E-state index in [4.69, 9.17) is 4.74 Å². The van der Waals surface area contributed by atoms with Gasteiger partial charge in [-0.3, -0.25) is 14.6 Å². The van der Waals surface area contributed by atoms with Crippen LogP contribution >= 0.6 is 11.8 Å². The van der Waals surface area contributed by atoms with Crippen molar-refractivity contribution in [2.75, 3.05) is 13.7 Å². The molecule has 0 aliphatic carbocycles. The number of hydrogen-bond acceptors (Lipinski definition) is 5. The third-order valence-electron chi connectivity index (χ3n) is 1.40. The minimum atomic E-state index is -0.793. The van der Waals surface area contributed by atoms with Crippen LogP contribution in [0.5, 0.6) is 0 Å². The van der Waals surface area contributed by atoms with Crippen molar-refractivity contribution in [1.82, 2.24) is 5.32 Å². The Morgan fingerprint density at radius 1 is 1.77 bits per heavy atom. The lowest BCUT2D eigenvalue weighted by Gasteiger charge is -2.03. The maximum Gasteiger partial charge on any atom is 0.329 e. The number of hydrogen-bond donors (Lipinski definition) is 1. The normalized spacial score (nSPS) is 24.6. The molecule has 6 heteroatoms. The van der Waals surface area contributed by atoms with Gasteiger partial charge in [0.1, 0.15) is 0 Å². The lowest BCUT2D eigenvalue weighted by molar-refractivity contribution is -0.144. The van der Waals surface area contributed by atoms with Crippen molar-refractivity contribution in [3.05, 3.63) is 0 Å². The van der Waals surface area contributed by atoms with E-state index < -0.39 is 11.2 Å². The predicted molar refractivity (Wildman–Crippen MR) is 49.5 cm³/mol. The first kappa shape index (κ1) is 10.0. The summed E-state index contributed by atoms with van der Waals surface area (Å²) in [5, 5.41) is 2.13. The summed E-state index contributed by atoms with van der Waals surface area (Å²) in [4.78, 5) is 26.1. The van der Waals surface area contributed by atoms with Crippen LogP contribution in [-0.4, -0.2) is 35.9 Å². The van der Waals surface area contributed by atoms with Crippen LogP contribution < -0.4 is 5.32 Å². The Balaban J connectivity index is 2.62. The van der Waals surface area contributed by atoms with E-state index >= 15 is 0 Å². The summed E-state index contributed by atoms with van der Waals surface area (Å²) in [6.07, 6.45) is 0. The largest absolute Gasteiger partial charge is 0.465 e. The van der Waals surface area contributed by atoms with Gasteiger partial charge in [-0.25, -0.2) is 0 Å². The van der Waals surface area contributed by atoms with Gasteiger partial charge in [0.25, 0.3) is 5.91 Å². The molecular formula is C7H10N2O3S. The summed E-state index contributed by atoms with van der Waals surface area (Å²) < 4.78 is 4.71. The Labute approximate surface area is 79.9 Å². The van der Waals surface area contributed by atoms with Gasteiger partial charge in [0, 0.05) is 7.05 Å². The molecule has 72 valence electrons. The van der Waals surface area contributed by atoms with Crippen LogP contribution in [0.25, 0.3) is 0 Å². The molecule has 0 aromatic rings. The number of amidine groups is 1. The number of nitrogens with one attached hydrogen (secondary N) is 1. The van der Waals surface area contributed by atoms with Gasteiger partial charge in [-0.15, -0.1) is 0 Å². The fourth-order valence-corrected chi connectivity index (χ4v) is 1.67. The standard InChI is InChI=1S/C7H10N2O3S/c1-3-12-6(11)4-5(10)9-7(8-2)13-4/h4H,3H2,1-2H3,(H,8,9,10)/t4-/m0/s1. The smallest absolute Gasteiger partial charge is 0.329 e. The zero-order chi connectivity index (χ0) is 9.84. The first-order chi connectivity index (χ1) is 6.19. The number of thioether (sulfide) groups is 1. The molecule has 1 saturated heterocycles. The summed E-state index contributed by atoms with van der Waals surface area (Å²) >= 11 is 1.08. The van der Waals surface area contributed by atoms with E-state index in [9.17, 15) is 9.59 Å². The topological polar surface area (TPSA) is 67.8 Å². The van der Waals surface area contributed by atoms with E-state index in [-0.39, 0.29) is 12.5 Å². The van der Waals surface area contributed by atoms with E-state index in [0.717, 1.165) is 11.8 Å². The number of nitrogens with zero attached hydrogens (tertiary/aromatic N) is 1. The molecule has 0 bridgehead atoms. The molecule has 1 heterocycles. The molecule has 1 amide bonds. The average Bonchev–Trinajstić information content (AvgIpc) is 2.47. The molecular weight excluding hydrogens is 192 g/mol. The maximum absolute atomic E-state index is 11.2. The molecule has 1 aliphatic heterocycles. The Hall–Kier alpha value is -1.04. The first-order valence-electron chi connectivity index (χ1n) is 3.80. The van der Waals surface area contributed by atoms with Crippen LogP contribution in [-0.2, 0) is 14.3 Å². The van der Waals surface area contributed by atoms with Crippen LogP contribution in [0.15, 0.2) is 4.99 Å². The van der Waals surface area contributed by atoms with Crippen molar-refractivity contribution >= 4 is 28.8 Å². The number of carbonyl (C=O) groups excluding carboxylic acids is 2. The second kappa shape index (κ2) is 4.27. The molecule has 1 aliphatic rings. The zero-order valence-corrected chi connectivity index (χ0v) is 8.18. The molecule has 13 heavy (non-hydrogen) atoms. The SMILES string of the molecule is CCOC(=O)[C@H]1SC(=NC)NC1=O. The van der Waals surface area contributed by atoms with Gasteiger partial charge >= 0.3 is 5.97 Å². The van der Waals surface area contributed by atoms with Crippen LogP contribution in [0.1, 0.15) is 6.92 Å². The first-order valence-corrected chi connectivity index (χ1v) is 4.68. The molecule has 5 nitrogen and oxygen atoms in total. The molecule has 1 atom stereocenters. The number of amides is 1. The van der Waals surface area contributed by atoms with Crippen LogP contribution in [0.3, 0.4) is 0 Å². The van der Waals surface area contributed by atoms with Crippen LogP contribution in [0, 0.1) is 0 Å². The van der Waals surface area contributed by atoms with Crippen LogP contribution in [0.4, 0.5) is 0 Å². The summed E-state index contributed by atoms with van der Waals surface area (Å²) in [5.41, 5.74) is 0. The van der Waals surface area contributed by atoms with E-state index in [1.807, 2.05) is 0 Å². The van der Waals surface area contributed by atoms with Crippen LogP contribution in [0.2, 0.25) is 0 Å². The van der Waals surface area contributed by atoms with E-state index in [1.54, 1.807) is 14.0 Å². The second-order valence-electron chi connectivity index (χ2n) is 2.27. The van der Waals surface area contributed by atoms with Crippen molar-refractivity contribution in [2.24, 2.45) is 4.99 Å². The third-order valence-corrected chi connectivity index (χ3v) is 2.55.